The van der Waals surface area contributed by atoms with Gasteiger partial charge in [-0.2, -0.15) is 10.5 Å². The predicted molar refractivity (Wildman–Crippen MR) is 103 cm³/mol. The zero-order chi connectivity index (χ0) is 19.5. The standard InChI is InChI=1S/C22H12N4O2/c23-12-16-6-8-18(10-17(16)13-24)25-21(27)15-7-9-19-20(11-15)28-22(26-19)14-4-2-1-3-5-14/h1-11H,(H,25,27). The number of benzene rings is 3. The van der Waals surface area contributed by atoms with Crippen LogP contribution in [0.3, 0.4) is 0 Å². The Labute approximate surface area is 160 Å². The van der Waals surface area contributed by atoms with E-state index >= 15 is 0 Å². The largest absolute Gasteiger partial charge is 0.436 e. The Morgan fingerprint density at radius 3 is 2.46 bits per heavy atom. The second-order valence-corrected chi connectivity index (χ2v) is 6.01. The summed E-state index contributed by atoms with van der Waals surface area (Å²) in [6, 6.07) is 22.9. The van der Waals surface area contributed by atoms with Gasteiger partial charge in [-0.15, -0.1) is 0 Å². The molecule has 0 aliphatic carbocycles. The summed E-state index contributed by atoms with van der Waals surface area (Å²) in [6.07, 6.45) is 0. The van der Waals surface area contributed by atoms with Crippen molar-refractivity contribution in [1.29, 1.82) is 10.5 Å². The van der Waals surface area contributed by atoms with Gasteiger partial charge in [0.05, 0.1) is 11.1 Å². The molecule has 6 nitrogen and oxygen atoms in total. The van der Waals surface area contributed by atoms with Crippen LogP contribution in [0.25, 0.3) is 22.6 Å². The molecule has 1 aromatic heterocycles. The Bertz CT molecular complexity index is 1280. The molecule has 0 radical (unpaired) electrons. The molecule has 1 N–H and O–H groups in total. The van der Waals surface area contributed by atoms with E-state index in [1.54, 1.807) is 24.3 Å². The summed E-state index contributed by atoms with van der Waals surface area (Å²) in [5, 5.41) is 20.8. The molecule has 0 spiro atoms. The number of amides is 1. The van der Waals surface area contributed by atoms with Crippen molar-refractivity contribution in [3.63, 3.8) is 0 Å². The van der Waals surface area contributed by atoms with Gasteiger partial charge in [-0.05, 0) is 48.5 Å². The second kappa shape index (κ2) is 7.06. The molecule has 4 aromatic rings. The lowest BCUT2D eigenvalue weighted by atomic mass is 10.1. The normalized spacial score (nSPS) is 10.2. The molecule has 0 fully saturated rings. The number of aromatic nitrogens is 1. The van der Waals surface area contributed by atoms with Gasteiger partial charge in [0.1, 0.15) is 17.7 Å². The summed E-state index contributed by atoms with van der Waals surface area (Å²) in [5.41, 5.74) is 3.31. The summed E-state index contributed by atoms with van der Waals surface area (Å²) in [4.78, 5) is 17.0. The molecule has 28 heavy (non-hydrogen) atoms. The van der Waals surface area contributed by atoms with Crippen LogP contribution in [-0.2, 0) is 0 Å². The summed E-state index contributed by atoms with van der Waals surface area (Å²) in [5.74, 6) is 0.132. The maximum atomic E-state index is 12.6. The number of carbonyl (C=O) groups excluding carboxylic acids is 1. The smallest absolute Gasteiger partial charge is 0.255 e. The molecule has 3 aromatic carbocycles. The maximum absolute atomic E-state index is 12.6. The maximum Gasteiger partial charge on any atom is 0.255 e. The first kappa shape index (κ1) is 17.0. The molecule has 4 rings (SSSR count). The van der Waals surface area contributed by atoms with Crippen molar-refractivity contribution in [1.82, 2.24) is 4.98 Å². The molecule has 1 amide bonds. The molecule has 0 bridgehead atoms. The minimum atomic E-state index is -0.354. The fourth-order valence-electron chi connectivity index (χ4n) is 2.79. The van der Waals surface area contributed by atoms with Crippen molar-refractivity contribution in [3.8, 4) is 23.6 Å². The van der Waals surface area contributed by atoms with E-state index in [1.165, 1.54) is 12.1 Å². The van der Waals surface area contributed by atoms with Gasteiger partial charge in [0, 0.05) is 16.8 Å². The van der Waals surface area contributed by atoms with Gasteiger partial charge in [0.25, 0.3) is 5.91 Å². The quantitative estimate of drug-likeness (QED) is 0.577. The highest BCUT2D eigenvalue weighted by Crippen LogP contribution is 2.25. The van der Waals surface area contributed by atoms with Crippen molar-refractivity contribution in [2.75, 3.05) is 5.32 Å². The number of hydrogen-bond donors (Lipinski definition) is 1. The molecule has 0 unspecified atom stereocenters. The lowest BCUT2D eigenvalue weighted by molar-refractivity contribution is 0.102. The fraction of sp³-hybridized carbons (Fsp3) is 0. The summed E-state index contributed by atoms with van der Waals surface area (Å²) < 4.78 is 5.79. The third-order valence-corrected chi connectivity index (χ3v) is 4.19. The fourth-order valence-corrected chi connectivity index (χ4v) is 2.79. The lowest BCUT2D eigenvalue weighted by Crippen LogP contribution is -2.12. The van der Waals surface area contributed by atoms with Crippen LogP contribution in [0.2, 0.25) is 0 Å². The third-order valence-electron chi connectivity index (χ3n) is 4.19. The number of nitriles is 2. The molecule has 1 heterocycles. The first-order valence-corrected chi connectivity index (χ1v) is 8.39. The number of rotatable bonds is 3. The van der Waals surface area contributed by atoms with Crippen molar-refractivity contribution in [3.05, 3.63) is 83.4 Å². The van der Waals surface area contributed by atoms with Gasteiger partial charge in [0.15, 0.2) is 5.58 Å². The first-order chi connectivity index (χ1) is 13.7. The Balaban J connectivity index is 1.61. The van der Waals surface area contributed by atoms with E-state index in [0.29, 0.717) is 28.2 Å². The monoisotopic (exact) mass is 364 g/mol. The average Bonchev–Trinajstić information content (AvgIpc) is 3.17. The topological polar surface area (TPSA) is 103 Å². The van der Waals surface area contributed by atoms with Crippen LogP contribution in [0.5, 0.6) is 0 Å². The number of oxazole rings is 1. The number of nitrogens with one attached hydrogen (secondary N) is 1. The Kier molecular flexibility index (Phi) is 4.29. The molecule has 0 atom stereocenters. The summed E-state index contributed by atoms with van der Waals surface area (Å²) in [7, 11) is 0. The Morgan fingerprint density at radius 1 is 0.929 bits per heavy atom. The van der Waals surface area contributed by atoms with Crippen LogP contribution in [0.4, 0.5) is 5.69 Å². The van der Waals surface area contributed by atoms with E-state index in [4.69, 9.17) is 14.9 Å². The van der Waals surface area contributed by atoms with Crippen LogP contribution >= 0.6 is 0 Å². The van der Waals surface area contributed by atoms with Crippen LogP contribution < -0.4 is 5.32 Å². The molecule has 6 heteroatoms. The van der Waals surface area contributed by atoms with E-state index in [2.05, 4.69) is 10.3 Å². The lowest BCUT2D eigenvalue weighted by Gasteiger charge is -2.06. The van der Waals surface area contributed by atoms with Gasteiger partial charge in [-0.1, -0.05) is 18.2 Å². The third kappa shape index (κ3) is 3.18. The molecule has 0 saturated carbocycles. The summed E-state index contributed by atoms with van der Waals surface area (Å²) >= 11 is 0. The van der Waals surface area contributed by atoms with E-state index in [9.17, 15) is 4.79 Å². The van der Waals surface area contributed by atoms with E-state index < -0.39 is 0 Å². The molecular weight excluding hydrogens is 352 g/mol. The highest BCUT2D eigenvalue weighted by atomic mass is 16.3. The van der Waals surface area contributed by atoms with Crippen LogP contribution in [-0.4, -0.2) is 10.9 Å². The van der Waals surface area contributed by atoms with Gasteiger partial charge in [-0.3, -0.25) is 4.79 Å². The van der Waals surface area contributed by atoms with Gasteiger partial charge in [0.2, 0.25) is 5.89 Å². The van der Waals surface area contributed by atoms with E-state index in [1.807, 2.05) is 42.5 Å². The highest BCUT2D eigenvalue weighted by Gasteiger charge is 2.13. The van der Waals surface area contributed by atoms with Crippen molar-refractivity contribution in [2.45, 2.75) is 0 Å². The SMILES string of the molecule is N#Cc1ccc(NC(=O)c2ccc3nc(-c4ccccc4)oc3c2)cc1C#N. The minimum Gasteiger partial charge on any atom is -0.436 e. The van der Waals surface area contributed by atoms with Crippen molar-refractivity contribution in [2.24, 2.45) is 0 Å². The second-order valence-electron chi connectivity index (χ2n) is 6.01. The molecule has 0 saturated heterocycles. The minimum absolute atomic E-state index is 0.207. The van der Waals surface area contributed by atoms with Gasteiger partial charge >= 0.3 is 0 Å². The predicted octanol–water partition coefficient (Wildman–Crippen LogP) is 4.49. The van der Waals surface area contributed by atoms with Gasteiger partial charge in [-0.25, -0.2) is 4.98 Å². The number of hydrogen-bond acceptors (Lipinski definition) is 5. The highest BCUT2D eigenvalue weighted by molar-refractivity contribution is 6.06. The number of fused-ring (bicyclic) bond motifs is 1. The average molecular weight is 364 g/mol. The molecule has 0 aliphatic rings. The van der Waals surface area contributed by atoms with Crippen LogP contribution in [0.15, 0.2) is 71.1 Å². The van der Waals surface area contributed by atoms with Crippen molar-refractivity contribution < 1.29 is 9.21 Å². The van der Waals surface area contributed by atoms with E-state index in [-0.39, 0.29) is 17.0 Å². The Hall–Kier alpha value is -4.42. The Morgan fingerprint density at radius 2 is 1.71 bits per heavy atom. The molecule has 0 aliphatic heterocycles. The summed E-state index contributed by atoms with van der Waals surface area (Å²) in [6.45, 7) is 0. The van der Waals surface area contributed by atoms with Crippen molar-refractivity contribution >= 4 is 22.7 Å². The zero-order valence-corrected chi connectivity index (χ0v) is 14.5. The van der Waals surface area contributed by atoms with Crippen LogP contribution in [0, 0.1) is 22.7 Å². The van der Waals surface area contributed by atoms with Gasteiger partial charge < -0.3 is 9.73 Å². The van der Waals surface area contributed by atoms with E-state index in [0.717, 1.165) is 5.56 Å². The van der Waals surface area contributed by atoms with Crippen LogP contribution in [0.1, 0.15) is 21.5 Å². The number of carbonyl (C=O) groups is 1. The number of nitrogens with zero attached hydrogens (tertiary/aromatic N) is 3. The molecular formula is C22H12N4O2. The molecule has 132 valence electrons. The number of anilines is 1. The zero-order valence-electron chi connectivity index (χ0n) is 14.5. The first-order valence-electron chi connectivity index (χ1n) is 8.39.